The second kappa shape index (κ2) is 12.5. The van der Waals surface area contributed by atoms with Gasteiger partial charge in [0, 0.05) is 42.9 Å². The first-order valence-corrected chi connectivity index (χ1v) is 19.6. The average Bonchev–Trinajstić information content (AvgIpc) is 3.48. The van der Waals surface area contributed by atoms with Gasteiger partial charge in [-0.3, -0.25) is 5.32 Å². The number of anilines is 1. The van der Waals surface area contributed by atoms with Crippen molar-refractivity contribution in [3.8, 4) is 0 Å². The maximum Gasteiger partial charge on any atom is 0.411 e. The maximum atomic E-state index is 14.1. The van der Waals surface area contributed by atoms with E-state index in [1.165, 1.54) is 6.07 Å². The summed E-state index contributed by atoms with van der Waals surface area (Å²) in [5, 5.41) is 2.61. The van der Waals surface area contributed by atoms with Crippen LogP contribution in [0.2, 0.25) is 0 Å². The van der Waals surface area contributed by atoms with Crippen LogP contribution in [0.4, 0.5) is 19.3 Å². The number of amides is 1. The summed E-state index contributed by atoms with van der Waals surface area (Å²) in [5.74, 6) is -2.84. The number of nitrogens with one attached hydrogen (secondary N) is 1. The predicted molar refractivity (Wildman–Crippen MR) is 179 cm³/mol. The van der Waals surface area contributed by atoms with Crippen LogP contribution in [0.15, 0.2) is 18.2 Å². The Kier molecular flexibility index (Phi) is 8.60. The summed E-state index contributed by atoms with van der Waals surface area (Å²) in [6, 6.07) is 3.19. The van der Waals surface area contributed by atoms with E-state index in [1.807, 2.05) is 13.8 Å². The van der Waals surface area contributed by atoms with Crippen LogP contribution < -0.4 is 5.32 Å². The fourth-order valence-corrected chi connectivity index (χ4v) is 11.9. The van der Waals surface area contributed by atoms with Crippen LogP contribution in [0, 0.1) is 59.0 Å². The van der Waals surface area contributed by atoms with E-state index in [0.29, 0.717) is 31.1 Å². The van der Waals surface area contributed by atoms with Crippen molar-refractivity contribution in [1.29, 1.82) is 0 Å². The number of ether oxygens (including phenoxy) is 5. The minimum Gasteiger partial charge on any atom is -0.443 e. The first kappa shape index (κ1) is 35.7. The zero-order valence-electron chi connectivity index (χ0n) is 30.9. The Morgan fingerprint density at radius 1 is 0.769 bits per heavy atom. The minimum absolute atomic E-state index is 0.000404. The van der Waals surface area contributed by atoms with E-state index in [4.69, 9.17) is 43.2 Å². The van der Waals surface area contributed by atoms with Gasteiger partial charge in [0.05, 0.1) is 6.10 Å². The van der Waals surface area contributed by atoms with E-state index in [0.717, 1.165) is 50.7 Å². The van der Waals surface area contributed by atoms with Gasteiger partial charge >= 0.3 is 6.09 Å². The van der Waals surface area contributed by atoms with E-state index in [1.54, 1.807) is 0 Å². The van der Waals surface area contributed by atoms with Crippen molar-refractivity contribution in [1.82, 2.24) is 0 Å². The first-order chi connectivity index (χ1) is 24.8. The predicted octanol–water partition coefficient (Wildman–Crippen LogP) is 7.77. The van der Waals surface area contributed by atoms with Gasteiger partial charge < -0.3 is 23.7 Å². The van der Waals surface area contributed by atoms with Crippen molar-refractivity contribution in [2.24, 2.45) is 47.3 Å². The quantitative estimate of drug-likeness (QED) is 0.301. The van der Waals surface area contributed by atoms with Crippen LogP contribution in [-0.2, 0) is 43.2 Å². The molecule has 52 heavy (non-hydrogen) atoms. The highest BCUT2D eigenvalue weighted by molar-refractivity contribution is 5.84. The van der Waals surface area contributed by atoms with Gasteiger partial charge in [0.15, 0.2) is 35.4 Å². The van der Waals surface area contributed by atoms with Gasteiger partial charge in [0.2, 0.25) is 11.6 Å². The highest BCUT2D eigenvalue weighted by Crippen LogP contribution is 2.63. The molecule has 0 radical (unpaired) electrons. The van der Waals surface area contributed by atoms with Crippen molar-refractivity contribution >= 4 is 11.8 Å². The van der Waals surface area contributed by atoms with Crippen LogP contribution in [-0.4, -0.2) is 59.8 Å². The Labute approximate surface area is 303 Å². The van der Waals surface area contributed by atoms with E-state index >= 15 is 0 Å². The van der Waals surface area contributed by atoms with Crippen LogP contribution in [0.5, 0.6) is 0 Å². The molecule has 8 saturated heterocycles. The van der Waals surface area contributed by atoms with Crippen LogP contribution >= 0.6 is 0 Å². The number of carbonyl (C=O) groups is 1. The Morgan fingerprint density at radius 3 is 1.94 bits per heavy atom. The second-order valence-electron chi connectivity index (χ2n) is 17.7. The number of halogens is 2. The summed E-state index contributed by atoms with van der Waals surface area (Å²) in [4.78, 5) is 38.6. The van der Waals surface area contributed by atoms with Crippen LogP contribution in [0.3, 0.4) is 0 Å². The molecule has 1 amide bonds. The summed E-state index contributed by atoms with van der Waals surface area (Å²) in [6.45, 7) is 12.7. The Balaban J connectivity index is 1.05. The Morgan fingerprint density at radius 2 is 1.35 bits per heavy atom. The zero-order chi connectivity index (χ0) is 36.4. The molecule has 1 aromatic rings. The molecule has 10 aliphatic rings. The molecule has 17 atom stereocenters. The summed E-state index contributed by atoms with van der Waals surface area (Å²) in [7, 11) is 0. The molecule has 0 aromatic heterocycles. The monoisotopic (exact) mass is 733 g/mol. The normalized spacial score (nSPS) is 51.0. The first-order valence-electron chi connectivity index (χ1n) is 19.6. The lowest BCUT2D eigenvalue weighted by atomic mass is 9.56. The van der Waals surface area contributed by atoms with Gasteiger partial charge in [-0.15, -0.1) is 0 Å². The molecule has 2 spiro atoms. The molecule has 288 valence electrons. The van der Waals surface area contributed by atoms with Gasteiger partial charge in [-0.25, -0.2) is 33.1 Å². The van der Waals surface area contributed by atoms with Crippen molar-refractivity contribution in [2.45, 2.75) is 153 Å². The lowest BCUT2D eigenvalue weighted by molar-refractivity contribution is -0.573. The van der Waals surface area contributed by atoms with Crippen molar-refractivity contribution in [3.05, 3.63) is 29.8 Å². The largest absolute Gasteiger partial charge is 0.443 e. The number of carbonyl (C=O) groups excluding carboxylic acids is 1. The molecule has 10 fully saturated rings. The fraction of sp³-hybridized carbons (Fsp3) is 0.821. The lowest BCUT2D eigenvalue weighted by Crippen LogP contribution is -2.72. The number of benzene rings is 1. The van der Waals surface area contributed by atoms with Crippen LogP contribution in [0.25, 0.3) is 0 Å². The SMILES string of the molecule is C[C@H]1[C@@H]([C@H](C[C@H]2O[C@@H]3O[C@]4(C)CC[C@H]5[C@H](C)CC[C@@H]([C@H]2C)[C@@]35OO4)OC(=O)Nc2ccc(F)c(F)c2)O[C@@H]2O[C@]3(C)CC[C@H]4[C@H](C)CC[C@@H]1[C@@]24OO3. The summed E-state index contributed by atoms with van der Waals surface area (Å²) in [5.41, 5.74) is -1.46. The molecular formula is C39H53F2NO10. The highest BCUT2D eigenvalue weighted by atomic mass is 19.2. The molecule has 1 N–H and O–H groups in total. The summed E-state index contributed by atoms with van der Waals surface area (Å²) < 4.78 is 61.5. The fourth-order valence-electron chi connectivity index (χ4n) is 11.9. The van der Waals surface area contributed by atoms with Gasteiger partial charge in [-0.2, -0.15) is 0 Å². The third kappa shape index (κ3) is 5.34. The number of hydrogen-bond donors (Lipinski definition) is 1. The minimum atomic E-state index is -1.07. The summed E-state index contributed by atoms with van der Waals surface area (Å²) >= 11 is 0. The molecule has 1 aromatic carbocycles. The van der Waals surface area contributed by atoms with Gasteiger partial charge in [-0.05, 0) is 100 Å². The molecule has 11 rings (SSSR count). The number of rotatable bonds is 5. The van der Waals surface area contributed by atoms with E-state index in [2.05, 4.69) is 33.0 Å². The topological polar surface area (TPSA) is 112 Å². The Bertz CT molecular complexity index is 1570. The van der Waals surface area contributed by atoms with Crippen LogP contribution in [0.1, 0.15) is 99.3 Å². The van der Waals surface area contributed by atoms with E-state index in [9.17, 15) is 13.6 Å². The number of hydrogen-bond acceptors (Lipinski definition) is 10. The molecule has 8 aliphatic heterocycles. The zero-order valence-corrected chi connectivity index (χ0v) is 30.9. The standard InChI is InChI=1S/C39H53F2NO10/c1-19-7-10-26-21(3)30(44-33-38(26)24(19)13-15-36(5,47-33)49-51-38)18-31(45-35(43)42-23-9-12-28(40)29(41)17-23)32-22(4)27-11-8-20(2)25-14-16-37(6)48-34(46-32)39(25,27)52-50-37/h9,12,17,19-22,24-27,30-34H,7-8,10-11,13-16,18H2,1-6H3,(H,42,43)/t19-,20-,21-,22-,24+,25+,26+,27+,30-,31+,32+,33-,34-,36+,37+,38-,39-/m1/s1. The molecular weight excluding hydrogens is 680 g/mol. The highest BCUT2D eigenvalue weighted by Gasteiger charge is 2.72. The van der Waals surface area contributed by atoms with Crippen molar-refractivity contribution < 1.29 is 56.8 Å². The average molecular weight is 734 g/mol. The molecule has 2 saturated carbocycles. The maximum absolute atomic E-state index is 14.1. The molecule has 11 nitrogen and oxygen atoms in total. The van der Waals surface area contributed by atoms with E-state index < -0.39 is 71.4 Å². The molecule has 8 heterocycles. The lowest BCUT2D eigenvalue weighted by Gasteiger charge is -2.62. The van der Waals surface area contributed by atoms with Gasteiger partial charge in [0.25, 0.3) is 0 Å². The van der Waals surface area contributed by atoms with E-state index in [-0.39, 0.29) is 41.2 Å². The number of fused-ring (bicyclic) bond motifs is 4. The molecule has 0 unspecified atom stereocenters. The van der Waals surface area contributed by atoms with Gasteiger partial charge in [0.1, 0.15) is 12.2 Å². The Hall–Kier alpha value is -1.97. The summed E-state index contributed by atoms with van der Waals surface area (Å²) in [6.07, 6.45) is 3.34. The third-order valence-electron chi connectivity index (χ3n) is 14.8. The molecule has 13 heteroatoms. The van der Waals surface area contributed by atoms with Crippen molar-refractivity contribution in [3.63, 3.8) is 0 Å². The van der Waals surface area contributed by atoms with Gasteiger partial charge in [-0.1, -0.05) is 27.7 Å². The molecule has 2 aliphatic carbocycles. The van der Waals surface area contributed by atoms with Crippen molar-refractivity contribution in [2.75, 3.05) is 5.32 Å². The molecule has 4 bridgehead atoms. The second-order valence-corrected chi connectivity index (χ2v) is 17.7. The smallest absolute Gasteiger partial charge is 0.411 e. The third-order valence-corrected chi connectivity index (χ3v) is 14.8.